The summed E-state index contributed by atoms with van der Waals surface area (Å²) in [5, 5.41) is 0.612. The van der Waals surface area contributed by atoms with Crippen LogP contribution in [-0.4, -0.2) is 29.0 Å². The van der Waals surface area contributed by atoms with E-state index < -0.39 is 0 Å². The maximum atomic E-state index is 5.38. The fourth-order valence-corrected chi connectivity index (χ4v) is 2.26. The number of anilines is 2. The van der Waals surface area contributed by atoms with Crippen LogP contribution in [0.5, 0.6) is 0 Å². The summed E-state index contributed by atoms with van der Waals surface area (Å²) in [7, 11) is 3.75. The number of nitrogens with one attached hydrogen (secondary N) is 1. The molecule has 1 aromatic carbocycles. The monoisotopic (exact) mass is 276 g/mol. The first-order valence-corrected chi connectivity index (χ1v) is 6.55. The van der Waals surface area contributed by atoms with Crippen molar-refractivity contribution in [3.8, 4) is 0 Å². The highest BCUT2D eigenvalue weighted by Gasteiger charge is 2.09. The van der Waals surface area contributed by atoms with Crippen molar-refractivity contribution < 1.29 is 0 Å². The van der Waals surface area contributed by atoms with E-state index in [0.29, 0.717) is 17.1 Å². The lowest BCUT2D eigenvalue weighted by Crippen LogP contribution is -2.17. The normalized spacial score (nSPS) is 10.3. The number of hydrogen-bond donors (Lipinski definition) is 2. The average Bonchev–Trinajstić information content (AvgIpc) is 2.41. The lowest BCUT2D eigenvalue weighted by atomic mass is 10.2. The van der Waals surface area contributed by atoms with Crippen molar-refractivity contribution in [2.45, 2.75) is 17.0 Å². The Morgan fingerprint density at radius 3 is 2.53 bits per heavy atom. The van der Waals surface area contributed by atoms with Crippen LogP contribution in [0.25, 0.3) is 0 Å². The first kappa shape index (κ1) is 13.6. The fourth-order valence-electron chi connectivity index (χ4n) is 1.43. The number of benzene rings is 1. The molecule has 0 atom stereocenters. The molecule has 0 saturated carbocycles. The van der Waals surface area contributed by atoms with Gasteiger partial charge in [0.15, 0.2) is 5.16 Å². The second kappa shape index (κ2) is 5.85. The third-order valence-electron chi connectivity index (χ3n) is 2.43. The second-order valence-corrected chi connectivity index (χ2v) is 5.16. The Balaban J connectivity index is 2.34. The SMILES string of the molecule is Cc1ccccc1Sc1nc(NN)nc(N(C)C)n1. The second-order valence-electron chi connectivity index (χ2n) is 4.15. The molecule has 2 rings (SSSR count). The molecule has 0 spiro atoms. The summed E-state index contributed by atoms with van der Waals surface area (Å²) in [6.45, 7) is 2.05. The minimum Gasteiger partial charge on any atom is -0.347 e. The number of aromatic nitrogens is 3. The molecule has 19 heavy (non-hydrogen) atoms. The van der Waals surface area contributed by atoms with Crippen LogP contribution in [0.1, 0.15) is 5.56 Å². The predicted molar refractivity (Wildman–Crippen MR) is 77.3 cm³/mol. The van der Waals surface area contributed by atoms with Crippen LogP contribution in [0, 0.1) is 6.92 Å². The van der Waals surface area contributed by atoms with Gasteiger partial charge in [-0.25, -0.2) is 5.84 Å². The van der Waals surface area contributed by atoms with Gasteiger partial charge in [0.25, 0.3) is 0 Å². The Labute approximate surface area is 116 Å². The summed E-state index contributed by atoms with van der Waals surface area (Å²) in [4.78, 5) is 15.7. The Bertz CT molecular complexity index is 572. The maximum Gasteiger partial charge on any atom is 0.242 e. The van der Waals surface area contributed by atoms with Gasteiger partial charge in [-0.05, 0) is 30.3 Å². The molecular weight excluding hydrogens is 260 g/mol. The van der Waals surface area contributed by atoms with Crippen LogP contribution >= 0.6 is 11.8 Å². The van der Waals surface area contributed by atoms with Crippen molar-refractivity contribution in [1.29, 1.82) is 0 Å². The van der Waals surface area contributed by atoms with Crippen molar-refractivity contribution in [2.24, 2.45) is 5.84 Å². The number of hydrogen-bond acceptors (Lipinski definition) is 7. The van der Waals surface area contributed by atoms with Crippen molar-refractivity contribution in [3.05, 3.63) is 29.8 Å². The summed E-state index contributed by atoms with van der Waals surface area (Å²) in [5.41, 5.74) is 3.64. The number of nitrogens with two attached hydrogens (primary N) is 1. The molecule has 2 aromatic rings. The van der Waals surface area contributed by atoms with Gasteiger partial charge in [0.2, 0.25) is 11.9 Å². The predicted octanol–water partition coefficient (Wildman–Crippen LogP) is 1.68. The van der Waals surface area contributed by atoms with Crippen molar-refractivity contribution in [1.82, 2.24) is 15.0 Å². The van der Waals surface area contributed by atoms with Crippen LogP contribution in [0.3, 0.4) is 0 Å². The number of rotatable bonds is 4. The molecule has 100 valence electrons. The Kier molecular flexibility index (Phi) is 4.18. The highest BCUT2D eigenvalue weighted by Crippen LogP contribution is 2.28. The van der Waals surface area contributed by atoms with Crippen molar-refractivity contribution >= 4 is 23.7 Å². The van der Waals surface area contributed by atoms with E-state index in [1.54, 1.807) is 0 Å². The number of nitrogen functional groups attached to an aromatic ring is 1. The van der Waals surface area contributed by atoms with E-state index in [1.165, 1.54) is 17.3 Å². The molecule has 0 fully saturated rings. The number of hydrazine groups is 1. The van der Waals surface area contributed by atoms with E-state index >= 15 is 0 Å². The molecule has 0 unspecified atom stereocenters. The van der Waals surface area contributed by atoms with E-state index in [0.717, 1.165) is 4.90 Å². The lowest BCUT2D eigenvalue weighted by molar-refractivity contribution is 0.865. The average molecular weight is 276 g/mol. The summed E-state index contributed by atoms with van der Waals surface area (Å²) in [6.07, 6.45) is 0. The molecule has 3 N–H and O–H groups in total. The molecule has 0 radical (unpaired) electrons. The topological polar surface area (TPSA) is 80.0 Å². The molecule has 0 aliphatic rings. The Morgan fingerprint density at radius 1 is 1.16 bits per heavy atom. The van der Waals surface area contributed by atoms with Gasteiger partial charge in [-0.2, -0.15) is 15.0 Å². The largest absolute Gasteiger partial charge is 0.347 e. The van der Waals surface area contributed by atoms with Crippen LogP contribution in [0.4, 0.5) is 11.9 Å². The summed E-state index contributed by atoms with van der Waals surface area (Å²) >= 11 is 1.49. The molecule has 1 heterocycles. The maximum absolute atomic E-state index is 5.38. The van der Waals surface area contributed by atoms with Gasteiger partial charge in [0.1, 0.15) is 0 Å². The van der Waals surface area contributed by atoms with Gasteiger partial charge in [-0.1, -0.05) is 18.2 Å². The number of nitrogens with zero attached hydrogens (tertiary/aromatic N) is 4. The molecule has 0 aliphatic carbocycles. The van der Waals surface area contributed by atoms with Crippen LogP contribution in [0.15, 0.2) is 34.3 Å². The van der Waals surface area contributed by atoms with E-state index in [2.05, 4.69) is 33.4 Å². The van der Waals surface area contributed by atoms with Gasteiger partial charge < -0.3 is 4.90 Å². The van der Waals surface area contributed by atoms with Crippen LogP contribution in [-0.2, 0) is 0 Å². The van der Waals surface area contributed by atoms with E-state index in [9.17, 15) is 0 Å². The van der Waals surface area contributed by atoms with Gasteiger partial charge in [-0.15, -0.1) is 0 Å². The Morgan fingerprint density at radius 2 is 1.89 bits per heavy atom. The van der Waals surface area contributed by atoms with Crippen molar-refractivity contribution in [2.75, 3.05) is 24.4 Å². The van der Waals surface area contributed by atoms with Gasteiger partial charge >= 0.3 is 0 Å². The zero-order chi connectivity index (χ0) is 13.8. The molecule has 7 heteroatoms. The first-order chi connectivity index (χ1) is 9.10. The molecule has 0 amide bonds. The van der Waals surface area contributed by atoms with E-state index in [1.807, 2.05) is 37.2 Å². The minimum absolute atomic E-state index is 0.356. The zero-order valence-electron chi connectivity index (χ0n) is 11.1. The zero-order valence-corrected chi connectivity index (χ0v) is 11.9. The first-order valence-electron chi connectivity index (χ1n) is 5.73. The lowest BCUT2D eigenvalue weighted by Gasteiger charge is -2.12. The van der Waals surface area contributed by atoms with Crippen LogP contribution in [0.2, 0.25) is 0 Å². The highest BCUT2D eigenvalue weighted by atomic mass is 32.2. The molecule has 0 bridgehead atoms. The Hall–Kier alpha value is -1.86. The standard InChI is InChI=1S/C12H16N6S/c1-8-6-4-5-7-9(8)19-12-15-10(17-13)14-11(16-12)18(2)3/h4-7H,13H2,1-3H3,(H,14,15,16,17). The summed E-state index contributed by atoms with van der Waals surface area (Å²) < 4.78 is 0. The molecule has 0 saturated heterocycles. The van der Waals surface area contributed by atoms with Crippen LogP contribution < -0.4 is 16.2 Å². The van der Waals surface area contributed by atoms with Gasteiger partial charge in [0.05, 0.1) is 0 Å². The number of aryl methyl sites for hydroxylation is 1. The third kappa shape index (κ3) is 3.33. The molecule has 1 aromatic heterocycles. The van der Waals surface area contributed by atoms with E-state index in [4.69, 9.17) is 5.84 Å². The van der Waals surface area contributed by atoms with Gasteiger partial charge in [0, 0.05) is 19.0 Å². The van der Waals surface area contributed by atoms with E-state index in [-0.39, 0.29) is 0 Å². The summed E-state index contributed by atoms with van der Waals surface area (Å²) in [6, 6.07) is 8.09. The molecule has 6 nitrogen and oxygen atoms in total. The third-order valence-corrected chi connectivity index (χ3v) is 3.47. The highest BCUT2D eigenvalue weighted by molar-refractivity contribution is 7.99. The fraction of sp³-hybridized carbons (Fsp3) is 0.250. The molecular formula is C12H16N6S. The summed E-state index contributed by atoms with van der Waals surface area (Å²) in [5.74, 6) is 6.31. The molecule has 0 aliphatic heterocycles. The minimum atomic E-state index is 0.356. The van der Waals surface area contributed by atoms with Gasteiger partial charge in [-0.3, -0.25) is 5.43 Å². The smallest absolute Gasteiger partial charge is 0.242 e. The van der Waals surface area contributed by atoms with Crippen molar-refractivity contribution in [3.63, 3.8) is 0 Å². The quantitative estimate of drug-likeness (QED) is 0.649.